The van der Waals surface area contributed by atoms with Crippen LogP contribution in [-0.4, -0.2) is 27.6 Å². The quantitative estimate of drug-likeness (QED) is 0.776. The first-order chi connectivity index (χ1) is 11.3. The molecule has 0 saturated heterocycles. The number of rotatable bonds is 7. The van der Waals surface area contributed by atoms with Crippen LogP contribution in [0.3, 0.4) is 0 Å². The molecule has 0 bridgehead atoms. The van der Waals surface area contributed by atoms with Gasteiger partial charge in [0.05, 0.1) is 14.2 Å². The third kappa shape index (κ3) is 4.04. The molecule has 2 aromatic carbocycles. The maximum Gasteiger partial charge on any atom is 0.231 e. The fourth-order valence-corrected chi connectivity index (χ4v) is 2.65. The summed E-state index contributed by atoms with van der Waals surface area (Å²) in [6, 6.07) is 12.0. The summed E-state index contributed by atoms with van der Waals surface area (Å²) in [5.74, 6) is 3.19. The van der Waals surface area contributed by atoms with Gasteiger partial charge in [-0.1, -0.05) is 18.2 Å². The minimum Gasteiger partial charge on any atom is -0.493 e. The van der Waals surface area contributed by atoms with E-state index < -0.39 is 0 Å². The lowest BCUT2D eigenvalue weighted by atomic mass is 10.1. The first-order valence-electron chi connectivity index (χ1n) is 7.61. The van der Waals surface area contributed by atoms with Crippen molar-refractivity contribution in [2.45, 2.75) is 13.0 Å². The van der Waals surface area contributed by atoms with Gasteiger partial charge in [-0.2, -0.15) is 0 Å². The molecular formula is C18H22ClNO4. The summed E-state index contributed by atoms with van der Waals surface area (Å²) in [6.45, 7) is 1.90. The van der Waals surface area contributed by atoms with Crippen molar-refractivity contribution in [3.05, 3.63) is 47.5 Å². The molecule has 0 atom stereocenters. The van der Waals surface area contributed by atoms with Crippen LogP contribution in [0, 0.1) is 0 Å². The zero-order chi connectivity index (χ0) is 16.1. The molecule has 0 spiro atoms. The molecule has 1 aliphatic heterocycles. The average Bonchev–Trinajstić information content (AvgIpc) is 3.06. The minimum atomic E-state index is 0. The second-order valence-corrected chi connectivity index (χ2v) is 5.27. The van der Waals surface area contributed by atoms with Crippen LogP contribution in [0.5, 0.6) is 23.0 Å². The molecule has 0 unspecified atom stereocenters. The van der Waals surface area contributed by atoms with Crippen molar-refractivity contribution in [2.75, 3.05) is 27.6 Å². The first kappa shape index (κ1) is 18.2. The van der Waals surface area contributed by atoms with Gasteiger partial charge in [0.2, 0.25) is 6.79 Å². The molecule has 1 N–H and O–H groups in total. The van der Waals surface area contributed by atoms with Crippen molar-refractivity contribution in [2.24, 2.45) is 0 Å². The number of ether oxygens (including phenoxy) is 4. The van der Waals surface area contributed by atoms with Gasteiger partial charge in [0.15, 0.2) is 23.0 Å². The fraction of sp³-hybridized carbons (Fsp3) is 0.333. The molecule has 5 nitrogen and oxygen atoms in total. The third-order valence-electron chi connectivity index (χ3n) is 3.83. The lowest BCUT2D eigenvalue weighted by Gasteiger charge is -2.13. The Morgan fingerprint density at radius 1 is 1.04 bits per heavy atom. The van der Waals surface area contributed by atoms with E-state index in [1.54, 1.807) is 14.2 Å². The van der Waals surface area contributed by atoms with E-state index in [9.17, 15) is 0 Å². The van der Waals surface area contributed by atoms with Gasteiger partial charge in [-0.05, 0) is 36.7 Å². The van der Waals surface area contributed by atoms with E-state index in [2.05, 4.69) is 11.4 Å². The summed E-state index contributed by atoms with van der Waals surface area (Å²) in [5, 5.41) is 3.44. The zero-order valence-corrected chi connectivity index (χ0v) is 14.7. The molecule has 6 heteroatoms. The smallest absolute Gasteiger partial charge is 0.231 e. The highest BCUT2D eigenvalue weighted by Crippen LogP contribution is 2.32. The number of methoxy groups -OCH3 is 2. The molecular weight excluding hydrogens is 330 g/mol. The van der Waals surface area contributed by atoms with Gasteiger partial charge >= 0.3 is 0 Å². The Balaban J connectivity index is 0.00000208. The molecule has 0 aliphatic carbocycles. The Bertz CT molecular complexity index is 678. The van der Waals surface area contributed by atoms with Gasteiger partial charge < -0.3 is 24.3 Å². The molecule has 1 aliphatic rings. The average molecular weight is 352 g/mol. The SMILES string of the molecule is COc1cccc(CNCCc2ccc3c(c2)OCO3)c1OC.Cl. The Kier molecular flexibility index (Phi) is 6.58. The van der Waals surface area contributed by atoms with Crippen molar-refractivity contribution in [1.82, 2.24) is 5.32 Å². The molecule has 0 fully saturated rings. The van der Waals surface area contributed by atoms with Gasteiger partial charge in [-0.25, -0.2) is 0 Å². The fourth-order valence-electron chi connectivity index (χ4n) is 2.65. The monoisotopic (exact) mass is 351 g/mol. The normalized spacial score (nSPS) is 11.8. The van der Waals surface area contributed by atoms with E-state index in [4.69, 9.17) is 18.9 Å². The van der Waals surface area contributed by atoms with Gasteiger partial charge in [0.1, 0.15) is 0 Å². The number of hydrogen-bond donors (Lipinski definition) is 1. The van der Waals surface area contributed by atoms with Crippen molar-refractivity contribution >= 4 is 12.4 Å². The van der Waals surface area contributed by atoms with Crippen LogP contribution in [0.2, 0.25) is 0 Å². The highest BCUT2D eigenvalue weighted by Gasteiger charge is 2.13. The number of hydrogen-bond acceptors (Lipinski definition) is 5. The Hall–Kier alpha value is -2.11. The number of halogens is 1. The first-order valence-corrected chi connectivity index (χ1v) is 7.61. The van der Waals surface area contributed by atoms with Crippen LogP contribution in [-0.2, 0) is 13.0 Å². The Morgan fingerprint density at radius 2 is 1.88 bits per heavy atom. The second-order valence-electron chi connectivity index (χ2n) is 5.27. The van der Waals surface area contributed by atoms with Crippen molar-refractivity contribution in [1.29, 1.82) is 0 Å². The molecule has 0 saturated carbocycles. The number of para-hydroxylation sites is 1. The van der Waals surface area contributed by atoms with E-state index in [0.717, 1.165) is 48.1 Å². The summed E-state index contributed by atoms with van der Waals surface area (Å²) in [7, 11) is 3.31. The predicted octanol–water partition coefficient (Wildman–Crippen LogP) is 3.19. The lowest BCUT2D eigenvalue weighted by Crippen LogP contribution is -2.17. The van der Waals surface area contributed by atoms with Gasteiger partial charge in [-0.15, -0.1) is 12.4 Å². The van der Waals surface area contributed by atoms with E-state index in [0.29, 0.717) is 6.79 Å². The van der Waals surface area contributed by atoms with Crippen molar-refractivity contribution < 1.29 is 18.9 Å². The van der Waals surface area contributed by atoms with Crippen LogP contribution in [0.25, 0.3) is 0 Å². The zero-order valence-electron chi connectivity index (χ0n) is 13.8. The molecule has 1 heterocycles. The number of nitrogens with one attached hydrogen (secondary N) is 1. The summed E-state index contributed by atoms with van der Waals surface area (Å²) in [4.78, 5) is 0. The van der Waals surface area contributed by atoms with Crippen LogP contribution in [0.1, 0.15) is 11.1 Å². The highest BCUT2D eigenvalue weighted by molar-refractivity contribution is 5.85. The summed E-state index contributed by atoms with van der Waals surface area (Å²) in [6.07, 6.45) is 0.920. The Labute approximate surface area is 148 Å². The van der Waals surface area contributed by atoms with Gasteiger partial charge in [0, 0.05) is 12.1 Å². The molecule has 0 aromatic heterocycles. The molecule has 2 aromatic rings. The topological polar surface area (TPSA) is 49.0 Å². The van der Waals surface area contributed by atoms with Crippen LogP contribution < -0.4 is 24.3 Å². The predicted molar refractivity (Wildman–Crippen MR) is 94.8 cm³/mol. The largest absolute Gasteiger partial charge is 0.493 e. The molecule has 3 rings (SSSR count). The van der Waals surface area contributed by atoms with E-state index in [1.807, 2.05) is 30.3 Å². The maximum absolute atomic E-state index is 5.44. The summed E-state index contributed by atoms with van der Waals surface area (Å²) in [5.41, 5.74) is 2.30. The third-order valence-corrected chi connectivity index (χ3v) is 3.83. The van der Waals surface area contributed by atoms with Gasteiger partial charge in [0.25, 0.3) is 0 Å². The van der Waals surface area contributed by atoms with Crippen LogP contribution in [0.4, 0.5) is 0 Å². The van der Waals surface area contributed by atoms with Crippen LogP contribution in [0.15, 0.2) is 36.4 Å². The lowest BCUT2D eigenvalue weighted by molar-refractivity contribution is 0.174. The van der Waals surface area contributed by atoms with E-state index in [1.165, 1.54) is 5.56 Å². The van der Waals surface area contributed by atoms with E-state index in [-0.39, 0.29) is 12.4 Å². The molecule has 0 radical (unpaired) electrons. The Morgan fingerprint density at radius 3 is 2.67 bits per heavy atom. The highest BCUT2D eigenvalue weighted by atomic mass is 35.5. The minimum absolute atomic E-state index is 0. The molecule has 24 heavy (non-hydrogen) atoms. The van der Waals surface area contributed by atoms with Crippen LogP contribution >= 0.6 is 12.4 Å². The van der Waals surface area contributed by atoms with Gasteiger partial charge in [-0.3, -0.25) is 0 Å². The number of benzene rings is 2. The van der Waals surface area contributed by atoms with Crippen molar-refractivity contribution in [3.63, 3.8) is 0 Å². The maximum atomic E-state index is 5.44. The van der Waals surface area contributed by atoms with E-state index >= 15 is 0 Å². The number of fused-ring (bicyclic) bond motifs is 1. The molecule has 0 amide bonds. The standard InChI is InChI=1S/C18H21NO4.ClH/c1-20-16-5-3-4-14(18(16)21-2)11-19-9-8-13-6-7-15-17(10-13)23-12-22-15;/h3-7,10,19H,8-9,11-12H2,1-2H3;1H. The summed E-state index contributed by atoms with van der Waals surface area (Å²) >= 11 is 0. The second kappa shape index (κ2) is 8.66. The summed E-state index contributed by atoms with van der Waals surface area (Å²) < 4.78 is 21.5. The van der Waals surface area contributed by atoms with Crippen molar-refractivity contribution in [3.8, 4) is 23.0 Å². The molecule has 130 valence electrons.